The first kappa shape index (κ1) is 9.22. The van der Waals surface area contributed by atoms with E-state index in [1.807, 2.05) is 18.4 Å². The summed E-state index contributed by atoms with van der Waals surface area (Å²) in [7, 11) is 0. The predicted molar refractivity (Wildman–Crippen MR) is 55.5 cm³/mol. The molecular weight excluding hydrogens is 204 g/mol. The third kappa shape index (κ3) is 1.53. The number of carbonyl (C=O) groups excluding carboxylic acids is 1. The second-order valence-electron chi connectivity index (χ2n) is 3.53. The third-order valence-electron chi connectivity index (χ3n) is 2.79. The van der Waals surface area contributed by atoms with Gasteiger partial charge in [0, 0.05) is 23.1 Å². The van der Waals surface area contributed by atoms with Gasteiger partial charge in [-0.3, -0.25) is 4.79 Å². The highest BCUT2D eigenvalue weighted by Crippen LogP contribution is 2.42. The number of carbonyl (C=O) groups is 1. The molecule has 1 fully saturated rings. The van der Waals surface area contributed by atoms with E-state index in [4.69, 9.17) is 11.6 Å². The fourth-order valence-corrected chi connectivity index (χ4v) is 3.37. The Balaban J connectivity index is 2.28. The number of rotatable bonds is 1. The zero-order chi connectivity index (χ0) is 9.42. The lowest BCUT2D eigenvalue weighted by Gasteiger charge is -2.12. The van der Waals surface area contributed by atoms with E-state index in [0.29, 0.717) is 11.7 Å². The van der Waals surface area contributed by atoms with Crippen LogP contribution < -0.4 is 0 Å². The van der Waals surface area contributed by atoms with Gasteiger partial charge in [0.25, 0.3) is 0 Å². The minimum Gasteiger partial charge on any atom is -0.299 e. The maximum Gasteiger partial charge on any atom is 0.136 e. The van der Waals surface area contributed by atoms with Crippen molar-refractivity contribution in [2.45, 2.75) is 25.7 Å². The van der Waals surface area contributed by atoms with Gasteiger partial charge in [-0.25, -0.2) is 0 Å². The Morgan fingerprint density at radius 2 is 2.38 bits per heavy atom. The van der Waals surface area contributed by atoms with Crippen LogP contribution in [0, 0.1) is 5.92 Å². The summed E-state index contributed by atoms with van der Waals surface area (Å²) in [5.74, 6) is 0.922. The van der Waals surface area contributed by atoms with Crippen molar-refractivity contribution in [3.05, 3.63) is 21.3 Å². The van der Waals surface area contributed by atoms with Crippen LogP contribution >= 0.6 is 22.9 Å². The summed E-state index contributed by atoms with van der Waals surface area (Å²) in [5.41, 5.74) is 0. The first-order chi connectivity index (χ1) is 6.20. The van der Waals surface area contributed by atoms with Gasteiger partial charge in [0.2, 0.25) is 0 Å². The molecule has 0 aromatic carbocycles. The van der Waals surface area contributed by atoms with Crippen LogP contribution in [-0.4, -0.2) is 5.78 Å². The normalized spacial score (nSPS) is 28.3. The molecule has 1 aliphatic rings. The Hall–Kier alpha value is -0.340. The van der Waals surface area contributed by atoms with Crippen molar-refractivity contribution < 1.29 is 4.79 Å². The van der Waals surface area contributed by atoms with Gasteiger partial charge in [0.1, 0.15) is 5.78 Å². The lowest BCUT2D eigenvalue weighted by molar-refractivity contribution is -0.120. The van der Waals surface area contributed by atoms with Gasteiger partial charge < -0.3 is 0 Å². The zero-order valence-corrected chi connectivity index (χ0v) is 8.99. The van der Waals surface area contributed by atoms with Gasteiger partial charge in [0.15, 0.2) is 0 Å². The van der Waals surface area contributed by atoms with E-state index in [2.05, 4.69) is 0 Å². The Kier molecular flexibility index (Phi) is 2.43. The zero-order valence-electron chi connectivity index (χ0n) is 7.42. The van der Waals surface area contributed by atoms with Gasteiger partial charge >= 0.3 is 0 Å². The summed E-state index contributed by atoms with van der Waals surface area (Å²) >= 11 is 7.70. The number of hydrogen-bond acceptors (Lipinski definition) is 2. The Labute approximate surface area is 86.7 Å². The van der Waals surface area contributed by atoms with Gasteiger partial charge in [0.05, 0.1) is 5.02 Å². The third-order valence-corrected chi connectivity index (χ3v) is 4.29. The second-order valence-corrected chi connectivity index (χ2v) is 4.89. The van der Waals surface area contributed by atoms with Crippen LogP contribution in [0.2, 0.25) is 5.02 Å². The van der Waals surface area contributed by atoms with E-state index in [-0.39, 0.29) is 5.92 Å². The van der Waals surface area contributed by atoms with Crippen molar-refractivity contribution >= 4 is 28.7 Å². The highest BCUT2D eigenvalue weighted by atomic mass is 35.5. The minimum atomic E-state index is 0.163. The maximum atomic E-state index is 11.4. The Bertz CT molecular complexity index is 331. The molecule has 1 aromatic rings. The highest BCUT2D eigenvalue weighted by molar-refractivity contribution is 7.10. The molecule has 1 aliphatic carbocycles. The van der Waals surface area contributed by atoms with Crippen molar-refractivity contribution in [2.24, 2.45) is 5.92 Å². The molecule has 2 rings (SSSR count). The summed E-state index contributed by atoms with van der Waals surface area (Å²) in [6.07, 6.45) is 1.69. The molecule has 1 heterocycles. The quantitative estimate of drug-likeness (QED) is 0.700. The topological polar surface area (TPSA) is 17.1 Å². The summed E-state index contributed by atoms with van der Waals surface area (Å²) in [6, 6.07) is 1.91. The molecule has 0 radical (unpaired) electrons. The molecule has 2 atom stereocenters. The number of ketones is 1. The monoisotopic (exact) mass is 214 g/mol. The van der Waals surface area contributed by atoms with E-state index in [9.17, 15) is 4.79 Å². The van der Waals surface area contributed by atoms with E-state index >= 15 is 0 Å². The molecular formula is C10H11ClOS. The van der Waals surface area contributed by atoms with Crippen molar-refractivity contribution in [3.8, 4) is 0 Å². The Morgan fingerprint density at radius 1 is 1.62 bits per heavy atom. The van der Waals surface area contributed by atoms with Crippen LogP contribution in [0.3, 0.4) is 0 Å². The molecule has 1 nitrogen and oxygen atoms in total. The van der Waals surface area contributed by atoms with Crippen LogP contribution in [0.1, 0.15) is 30.6 Å². The summed E-state index contributed by atoms with van der Waals surface area (Å²) in [5, 5.41) is 2.82. The van der Waals surface area contributed by atoms with E-state index in [0.717, 1.165) is 17.9 Å². The second kappa shape index (κ2) is 3.43. The van der Waals surface area contributed by atoms with Gasteiger partial charge in [-0.2, -0.15) is 0 Å². The largest absolute Gasteiger partial charge is 0.299 e. The van der Waals surface area contributed by atoms with E-state index in [1.54, 1.807) is 11.3 Å². The molecule has 0 saturated heterocycles. The standard InChI is InChI=1S/C10H11ClOS/c1-6-7(2-3-9(6)12)10-8(11)4-5-13-10/h4-7H,2-3H2,1H3. The molecule has 3 heteroatoms. The van der Waals surface area contributed by atoms with E-state index in [1.165, 1.54) is 4.88 Å². The number of thiophene rings is 1. The van der Waals surface area contributed by atoms with Gasteiger partial charge in [-0.15, -0.1) is 11.3 Å². The average Bonchev–Trinajstić information content (AvgIpc) is 2.62. The molecule has 0 amide bonds. The molecule has 2 unspecified atom stereocenters. The van der Waals surface area contributed by atoms with Crippen molar-refractivity contribution in [3.63, 3.8) is 0 Å². The molecule has 70 valence electrons. The molecule has 0 spiro atoms. The average molecular weight is 215 g/mol. The van der Waals surface area contributed by atoms with Crippen molar-refractivity contribution in [2.75, 3.05) is 0 Å². The molecule has 0 aliphatic heterocycles. The lowest BCUT2D eigenvalue weighted by atomic mass is 9.96. The van der Waals surface area contributed by atoms with Crippen LogP contribution in [0.25, 0.3) is 0 Å². The van der Waals surface area contributed by atoms with E-state index < -0.39 is 0 Å². The van der Waals surface area contributed by atoms with Crippen LogP contribution in [-0.2, 0) is 4.79 Å². The summed E-state index contributed by atoms with van der Waals surface area (Å²) < 4.78 is 0. The first-order valence-electron chi connectivity index (χ1n) is 4.45. The number of halogens is 1. The first-order valence-corrected chi connectivity index (χ1v) is 5.71. The van der Waals surface area contributed by atoms with Crippen LogP contribution in [0.5, 0.6) is 0 Å². The van der Waals surface area contributed by atoms with Crippen molar-refractivity contribution in [1.29, 1.82) is 0 Å². The van der Waals surface area contributed by atoms with Crippen LogP contribution in [0.4, 0.5) is 0 Å². The van der Waals surface area contributed by atoms with Crippen molar-refractivity contribution in [1.82, 2.24) is 0 Å². The lowest BCUT2D eigenvalue weighted by Crippen LogP contribution is -2.07. The predicted octanol–water partition coefficient (Wildman–Crippen LogP) is 3.48. The molecule has 1 saturated carbocycles. The molecule has 0 N–H and O–H groups in total. The highest BCUT2D eigenvalue weighted by Gasteiger charge is 2.33. The molecule has 1 aromatic heterocycles. The fraction of sp³-hybridized carbons (Fsp3) is 0.500. The van der Waals surface area contributed by atoms with Crippen LogP contribution in [0.15, 0.2) is 11.4 Å². The van der Waals surface area contributed by atoms with Gasteiger partial charge in [-0.1, -0.05) is 18.5 Å². The Morgan fingerprint density at radius 3 is 2.85 bits per heavy atom. The summed E-state index contributed by atoms with van der Waals surface area (Å²) in [4.78, 5) is 12.5. The minimum absolute atomic E-state index is 0.163. The summed E-state index contributed by atoms with van der Waals surface area (Å²) in [6.45, 7) is 2.01. The molecule has 0 bridgehead atoms. The number of hydrogen-bond donors (Lipinski definition) is 0. The SMILES string of the molecule is CC1C(=O)CCC1c1sccc1Cl. The fourth-order valence-electron chi connectivity index (χ4n) is 1.93. The maximum absolute atomic E-state index is 11.4. The van der Waals surface area contributed by atoms with Gasteiger partial charge in [-0.05, 0) is 17.9 Å². The number of Topliss-reactive ketones (excluding diaryl/α,β-unsaturated/α-hetero) is 1. The molecule has 13 heavy (non-hydrogen) atoms. The smallest absolute Gasteiger partial charge is 0.136 e.